The molecule has 1 heterocycles. The molecule has 1 amide bonds. The number of nitrogens with one attached hydrogen (secondary N) is 2. The van der Waals surface area contributed by atoms with Crippen molar-refractivity contribution < 1.29 is 22.1 Å². The molecule has 1 aromatic heterocycles. The number of anilines is 1. The van der Waals surface area contributed by atoms with Crippen LogP contribution < -0.4 is 10.0 Å². The highest BCUT2D eigenvalue weighted by atomic mass is 32.2. The van der Waals surface area contributed by atoms with Gasteiger partial charge in [0.15, 0.2) is 5.82 Å². The molecule has 0 saturated heterocycles. The van der Waals surface area contributed by atoms with Crippen LogP contribution in [0, 0.1) is 12.7 Å². The molecule has 0 radical (unpaired) electrons. The lowest BCUT2D eigenvalue weighted by Crippen LogP contribution is -2.42. The first-order chi connectivity index (χ1) is 11.3. The standard InChI is InChI=1S/C15H18FN3O4S/c1-10-9-14(18-23-10)17-15(20)11(2)19-24(21,22)8-7-12-5-3-4-6-13(12)16/h3-6,9,11,19H,7-8H2,1-2H3,(H,17,18,20)/t11-/m0/s1. The Kier molecular flexibility index (Phi) is 5.68. The second-order valence-electron chi connectivity index (χ2n) is 5.31. The largest absolute Gasteiger partial charge is 0.360 e. The van der Waals surface area contributed by atoms with E-state index in [4.69, 9.17) is 4.52 Å². The molecule has 130 valence electrons. The van der Waals surface area contributed by atoms with Gasteiger partial charge in [0.2, 0.25) is 15.9 Å². The van der Waals surface area contributed by atoms with E-state index in [2.05, 4.69) is 15.2 Å². The van der Waals surface area contributed by atoms with Crippen molar-refractivity contribution in [3.63, 3.8) is 0 Å². The van der Waals surface area contributed by atoms with Gasteiger partial charge in [0.05, 0.1) is 11.8 Å². The molecule has 0 aliphatic rings. The van der Waals surface area contributed by atoms with Crippen LogP contribution in [0.15, 0.2) is 34.9 Å². The maximum Gasteiger partial charge on any atom is 0.243 e. The molecule has 7 nitrogen and oxygen atoms in total. The van der Waals surface area contributed by atoms with E-state index in [0.29, 0.717) is 11.3 Å². The molecule has 2 N–H and O–H groups in total. The number of aryl methyl sites for hydroxylation is 2. The Bertz CT molecular complexity index is 820. The maximum absolute atomic E-state index is 13.5. The van der Waals surface area contributed by atoms with E-state index in [9.17, 15) is 17.6 Å². The van der Waals surface area contributed by atoms with E-state index in [1.54, 1.807) is 13.0 Å². The van der Waals surface area contributed by atoms with E-state index in [-0.39, 0.29) is 18.0 Å². The summed E-state index contributed by atoms with van der Waals surface area (Å²) in [5, 5.41) is 6.03. The van der Waals surface area contributed by atoms with Gasteiger partial charge in [-0.25, -0.2) is 17.5 Å². The van der Waals surface area contributed by atoms with Crippen molar-refractivity contribution in [2.24, 2.45) is 0 Å². The molecule has 1 aromatic carbocycles. The minimum atomic E-state index is -3.75. The van der Waals surface area contributed by atoms with Gasteiger partial charge >= 0.3 is 0 Å². The Morgan fingerprint density at radius 2 is 2.08 bits per heavy atom. The number of sulfonamides is 1. The van der Waals surface area contributed by atoms with Crippen LogP contribution in [-0.2, 0) is 21.2 Å². The highest BCUT2D eigenvalue weighted by Gasteiger charge is 2.21. The quantitative estimate of drug-likeness (QED) is 0.786. The molecule has 0 bridgehead atoms. The Hall–Kier alpha value is -2.26. The van der Waals surface area contributed by atoms with Crippen molar-refractivity contribution in [2.75, 3.05) is 11.1 Å². The summed E-state index contributed by atoms with van der Waals surface area (Å²) >= 11 is 0. The fourth-order valence-corrected chi connectivity index (χ4v) is 3.24. The van der Waals surface area contributed by atoms with Crippen LogP contribution >= 0.6 is 0 Å². The predicted molar refractivity (Wildman–Crippen MR) is 86.4 cm³/mol. The van der Waals surface area contributed by atoms with Gasteiger partial charge in [-0.15, -0.1) is 0 Å². The van der Waals surface area contributed by atoms with Crippen LogP contribution in [0.5, 0.6) is 0 Å². The maximum atomic E-state index is 13.5. The molecule has 2 aromatic rings. The normalized spacial score (nSPS) is 12.8. The summed E-state index contributed by atoms with van der Waals surface area (Å²) in [7, 11) is -3.75. The average Bonchev–Trinajstić information content (AvgIpc) is 2.91. The van der Waals surface area contributed by atoms with E-state index < -0.39 is 27.8 Å². The molecule has 2 rings (SSSR count). The number of aromatic nitrogens is 1. The van der Waals surface area contributed by atoms with E-state index in [1.807, 2.05) is 0 Å². The molecule has 0 aliphatic carbocycles. The fourth-order valence-electron chi connectivity index (χ4n) is 1.99. The number of carbonyl (C=O) groups is 1. The first kappa shape index (κ1) is 18.1. The van der Waals surface area contributed by atoms with Crippen LogP contribution in [0.2, 0.25) is 0 Å². The molecular formula is C15H18FN3O4S. The third-order valence-electron chi connectivity index (χ3n) is 3.23. The molecule has 0 saturated carbocycles. The summed E-state index contributed by atoms with van der Waals surface area (Å²) in [6.45, 7) is 3.07. The molecule has 0 aliphatic heterocycles. The van der Waals surface area contributed by atoms with Gasteiger partial charge in [-0.3, -0.25) is 4.79 Å². The lowest BCUT2D eigenvalue weighted by atomic mass is 10.2. The summed E-state index contributed by atoms with van der Waals surface area (Å²) < 4.78 is 44.6. The number of amides is 1. The zero-order valence-corrected chi connectivity index (χ0v) is 14.1. The van der Waals surface area contributed by atoms with Crippen LogP contribution in [0.25, 0.3) is 0 Å². The molecule has 0 spiro atoms. The van der Waals surface area contributed by atoms with Gasteiger partial charge in [-0.05, 0) is 31.9 Å². The summed E-state index contributed by atoms with van der Waals surface area (Å²) in [5.74, 6) is -0.634. The summed E-state index contributed by atoms with van der Waals surface area (Å²) in [4.78, 5) is 11.9. The SMILES string of the molecule is Cc1cc(NC(=O)[C@H](C)NS(=O)(=O)CCc2ccccc2F)no1. The molecule has 0 unspecified atom stereocenters. The summed E-state index contributed by atoms with van der Waals surface area (Å²) in [5.41, 5.74) is 0.304. The summed E-state index contributed by atoms with van der Waals surface area (Å²) in [6, 6.07) is 6.46. The fraction of sp³-hybridized carbons (Fsp3) is 0.333. The topological polar surface area (TPSA) is 101 Å². The van der Waals surface area contributed by atoms with Crippen molar-refractivity contribution >= 4 is 21.7 Å². The first-order valence-electron chi connectivity index (χ1n) is 7.24. The smallest absolute Gasteiger partial charge is 0.243 e. The lowest BCUT2D eigenvalue weighted by molar-refractivity contribution is -0.117. The third kappa shape index (κ3) is 5.14. The molecular weight excluding hydrogens is 337 g/mol. The summed E-state index contributed by atoms with van der Waals surface area (Å²) in [6.07, 6.45) is 0.0127. The third-order valence-corrected chi connectivity index (χ3v) is 4.68. The first-order valence-corrected chi connectivity index (χ1v) is 8.89. The Balaban J connectivity index is 1.90. The molecule has 24 heavy (non-hydrogen) atoms. The van der Waals surface area contributed by atoms with E-state index in [1.165, 1.54) is 31.2 Å². The predicted octanol–water partition coefficient (Wildman–Crippen LogP) is 1.61. The Labute approximate surface area is 139 Å². The Morgan fingerprint density at radius 1 is 1.38 bits per heavy atom. The van der Waals surface area contributed by atoms with Crippen molar-refractivity contribution in [3.8, 4) is 0 Å². The van der Waals surface area contributed by atoms with Crippen LogP contribution in [0.3, 0.4) is 0 Å². The highest BCUT2D eigenvalue weighted by molar-refractivity contribution is 7.89. The number of benzene rings is 1. The molecule has 9 heteroatoms. The minimum absolute atomic E-state index is 0.0127. The zero-order chi connectivity index (χ0) is 17.7. The van der Waals surface area contributed by atoms with Gasteiger partial charge in [-0.1, -0.05) is 23.4 Å². The van der Waals surface area contributed by atoms with Gasteiger partial charge in [0, 0.05) is 6.07 Å². The van der Waals surface area contributed by atoms with Gasteiger partial charge in [0.1, 0.15) is 11.6 Å². The lowest BCUT2D eigenvalue weighted by Gasteiger charge is -2.13. The Morgan fingerprint density at radius 3 is 2.71 bits per heavy atom. The van der Waals surface area contributed by atoms with E-state index in [0.717, 1.165) is 0 Å². The number of hydrogen-bond donors (Lipinski definition) is 2. The van der Waals surface area contributed by atoms with E-state index >= 15 is 0 Å². The van der Waals surface area contributed by atoms with Crippen molar-refractivity contribution in [3.05, 3.63) is 47.5 Å². The average molecular weight is 355 g/mol. The highest BCUT2D eigenvalue weighted by Crippen LogP contribution is 2.09. The number of nitrogens with zero attached hydrogens (tertiary/aromatic N) is 1. The minimum Gasteiger partial charge on any atom is -0.360 e. The second-order valence-corrected chi connectivity index (χ2v) is 7.19. The van der Waals surface area contributed by atoms with Crippen LogP contribution in [-0.4, -0.2) is 31.3 Å². The second kappa shape index (κ2) is 7.54. The van der Waals surface area contributed by atoms with Crippen molar-refractivity contribution in [1.29, 1.82) is 0 Å². The van der Waals surface area contributed by atoms with Crippen LogP contribution in [0.1, 0.15) is 18.2 Å². The van der Waals surface area contributed by atoms with Crippen molar-refractivity contribution in [2.45, 2.75) is 26.3 Å². The number of carbonyl (C=O) groups excluding carboxylic acids is 1. The number of rotatable bonds is 7. The zero-order valence-electron chi connectivity index (χ0n) is 13.2. The van der Waals surface area contributed by atoms with Gasteiger partial charge in [0.25, 0.3) is 0 Å². The number of hydrogen-bond acceptors (Lipinski definition) is 5. The monoisotopic (exact) mass is 355 g/mol. The number of halogens is 1. The van der Waals surface area contributed by atoms with Crippen molar-refractivity contribution in [1.82, 2.24) is 9.88 Å². The molecule has 0 fully saturated rings. The van der Waals surface area contributed by atoms with Gasteiger partial charge in [-0.2, -0.15) is 0 Å². The van der Waals surface area contributed by atoms with Crippen LogP contribution in [0.4, 0.5) is 10.2 Å². The molecule has 1 atom stereocenters. The van der Waals surface area contributed by atoms with Gasteiger partial charge < -0.3 is 9.84 Å².